The van der Waals surface area contributed by atoms with Crippen LogP contribution in [0, 0.1) is 0 Å². The minimum Gasteiger partial charge on any atom is -0.371 e. The summed E-state index contributed by atoms with van der Waals surface area (Å²) in [5.41, 5.74) is 1.35. The van der Waals surface area contributed by atoms with E-state index in [9.17, 15) is 9.46 Å². The maximum Gasteiger partial charge on any atom is 0.472 e. The predicted molar refractivity (Wildman–Crippen MR) is 140 cm³/mol. The molecule has 11 nitrogen and oxygen atoms in total. The number of unbranched alkanes of at least 4 members (excludes halogenated alkanes) is 6. The molecule has 0 aromatic carbocycles. The molecule has 2 aromatic rings. The Balaban J connectivity index is 1.62. The molecule has 12 heteroatoms. The molecular formula is C25H42N5O6P. The van der Waals surface area contributed by atoms with Gasteiger partial charge in [0.1, 0.15) is 24.6 Å². The van der Waals surface area contributed by atoms with Crippen molar-refractivity contribution in [2.24, 2.45) is 0 Å². The smallest absolute Gasteiger partial charge is 0.371 e. The van der Waals surface area contributed by atoms with Crippen LogP contribution in [0.3, 0.4) is 0 Å². The molecule has 2 aliphatic rings. The first-order valence-electron chi connectivity index (χ1n) is 13.8. The van der Waals surface area contributed by atoms with Gasteiger partial charge in [0.2, 0.25) is 0 Å². The molecule has 2 saturated heterocycles. The minimum atomic E-state index is -4.16. The molecule has 5 atom stereocenters. The van der Waals surface area contributed by atoms with E-state index in [1.807, 2.05) is 4.57 Å². The summed E-state index contributed by atoms with van der Waals surface area (Å²) in [4.78, 5) is 26.2. The third-order valence-corrected chi connectivity index (χ3v) is 7.96. The highest BCUT2D eigenvalue weighted by Gasteiger charge is 2.54. The lowest BCUT2D eigenvalue weighted by atomic mass is 10.1. The van der Waals surface area contributed by atoms with E-state index in [1.54, 1.807) is 12.7 Å². The first-order chi connectivity index (χ1) is 18.0. The Kier molecular flexibility index (Phi) is 10.3. The maximum absolute atomic E-state index is 12.2. The molecule has 0 saturated carbocycles. The third kappa shape index (κ3) is 6.88. The van der Waals surface area contributed by atoms with Gasteiger partial charge >= 0.3 is 7.82 Å². The second kappa shape index (κ2) is 13.4. The Morgan fingerprint density at radius 2 is 1.76 bits per heavy atom. The topological polar surface area (TPSA) is 121 Å². The molecule has 208 valence electrons. The SMILES string of the molecule is CCCCCO[C@@H]1[C@@H]2OP(=O)(O)OC[C@H]2O[C@H]1n1cnc2c(N(CCCCC)CCCCC)ncnc21. The monoisotopic (exact) mass is 539 g/mol. The largest absolute Gasteiger partial charge is 0.472 e. The third-order valence-electron chi connectivity index (χ3n) is 6.98. The average Bonchev–Trinajstić information content (AvgIpc) is 3.46. The number of imidazole rings is 1. The fourth-order valence-corrected chi connectivity index (χ4v) is 5.94. The van der Waals surface area contributed by atoms with E-state index >= 15 is 0 Å². The number of ether oxygens (including phenoxy) is 2. The van der Waals surface area contributed by atoms with E-state index in [2.05, 4.69) is 35.6 Å². The van der Waals surface area contributed by atoms with Crippen LogP contribution in [0.1, 0.15) is 84.8 Å². The average molecular weight is 540 g/mol. The van der Waals surface area contributed by atoms with Crippen molar-refractivity contribution in [2.45, 2.75) is 103 Å². The van der Waals surface area contributed by atoms with Gasteiger partial charge in [0.15, 0.2) is 23.2 Å². The van der Waals surface area contributed by atoms with Crippen molar-refractivity contribution in [1.29, 1.82) is 0 Å². The first-order valence-corrected chi connectivity index (χ1v) is 15.3. The fourth-order valence-electron chi connectivity index (χ4n) is 4.98. The van der Waals surface area contributed by atoms with Crippen molar-refractivity contribution >= 4 is 24.8 Å². The highest BCUT2D eigenvalue weighted by Crippen LogP contribution is 2.53. The normalized spacial score (nSPS) is 27.6. The van der Waals surface area contributed by atoms with Crippen LogP contribution >= 0.6 is 7.82 Å². The lowest BCUT2D eigenvalue weighted by Crippen LogP contribution is -2.40. The van der Waals surface area contributed by atoms with Crippen molar-refractivity contribution in [3.63, 3.8) is 0 Å². The molecule has 1 unspecified atom stereocenters. The van der Waals surface area contributed by atoms with Gasteiger partial charge in [-0.15, -0.1) is 0 Å². The molecule has 4 heterocycles. The number of phosphoric acid groups is 1. The van der Waals surface area contributed by atoms with Crippen LogP contribution in [0.25, 0.3) is 11.2 Å². The Hall–Kier alpha value is -1.62. The molecule has 2 aromatic heterocycles. The van der Waals surface area contributed by atoms with E-state index in [0.29, 0.717) is 17.8 Å². The number of hydrogen-bond acceptors (Lipinski definition) is 9. The summed E-state index contributed by atoms with van der Waals surface area (Å²) in [5.74, 6) is 0.825. The maximum atomic E-state index is 12.2. The summed E-state index contributed by atoms with van der Waals surface area (Å²) in [6.45, 7) is 8.83. The van der Waals surface area contributed by atoms with Crippen molar-refractivity contribution < 1.29 is 28.0 Å². The van der Waals surface area contributed by atoms with Gasteiger partial charge < -0.3 is 19.3 Å². The summed E-state index contributed by atoms with van der Waals surface area (Å²) in [6.07, 6.45) is 10.6. The number of hydrogen-bond donors (Lipinski definition) is 1. The zero-order chi connectivity index (χ0) is 26.3. The van der Waals surface area contributed by atoms with Crippen LogP contribution in [-0.2, 0) is 23.1 Å². The first kappa shape index (κ1) is 28.4. The highest BCUT2D eigenvalue weighted by molar-refractivity contribution is 7.47. The van der Waals surface area contributed by atoms with E-state index in [0.717, 1.165) is 63.9 Å². The molecule has 2 aliphatic heterocycles. The van der Waals surface area contributed by atoms with Crippen LogP contribution in [0.5, 0.6) is 0 Å². The zero-order valence-corrected chi connectivity index (χ0v) is 23.2. The summed E-state index contributed by atoms with van der Waals surface area (Å²) < 4.78 is 37.0. The van der Waals surface area contributed by atoms with Gasteiger partial charge in [-0.1, -0.05) is 59.3 Å². The van der Waals surface area contributed by atoms with Gasteiger partial charge in [-0.25, -0.2) is 19.5 Å². The molecule has 0 amide bonds. The Labute approximate surface area is 219 Å². The summed E-state index contributed by atoms with van der Waals surface area (Å²) in [7, 11) is -4.16. The van der Waals surface area contributed by atoms with Crippen molar-refractivity contribution in [3.8, 4) is 0 Å². The number of rotatable bonds is 15. The van der Waals surface area contributed by atoms with Crippen LogP contribution in [0.4, 0.5) is 5.82 Å². The van der Waals surface area contributed by atoms with Crippen LogP contribution < -0.4 is 4.90 Å². The van der Waals surface area contributed by atoms with Gasteiger partial charge in [0.05, 0.1) is 12.9 Å². The number of nitrogens with zero attached hydrogens (tertiary/aromatic N) is 5. The standard InChI is InChI=1S/C25H42N5O6P/c1-4-7-10-13-29(14-11-8-5-2)23-20-24(27-17-26-23)30(18-28-20)25-22(33-15-12-9-6-3)21-19(35-25)16-34-37(31,32)36-21/h17-19,21-22,25H,4-16H2,1-3H3,(H,31,32)/t19-,21-,22-,25-/m1/s1. The quantitative estimate of drug-likeness (QED) is 0.244. The molecule has 0 aliphatic carbocycles. The van der Waals surface area contributed by atoms with E-state index < -0.39 is 32.4 Å². The lowest BCUT2D eigenvalue weighted by Gasteiger charge is -2.29. The molecule has 37 heavy (non-hydrogen) atoms. The van der Waals surface area contributed by atoms with E-state index in [1.165, 1.54) is 12.8 Å². The number of anilines is 1. The molecule has 1 N–H and O–H groups in total. The summed E-state index contributed by atoms with van der Waals surface area (Å²) in [6, 6.07) is 0. The Bertz CT molecular complexity index is 1030. The molecule has 0 spiro atoms. The van der Waals surface area contributed by atoms with E-state index in [-0.39, 0.29) is 6.61 Å². The Morgan fingerprint density at radius 1 is 1.05 bits per heavy atom. The van der Waals surface area contributed by atoms with Gasteiger partial charge in [0, 0.05) is 19.7 Å². The van der Waals surface area contributed by atoms with Gasteiger partial charge in [-0.3, -0.25) is 13.6 Å². The summed E-state index contributed by atoms with van der Waals surface area (Å²) >= 11 is 0. The molecule has 2 fully saturated rings. The van der Waals surface area contributed by atoms with Crippen molar-refractivity contribution in [1.82, 2.24) is 19.5 Å². The minimum absolute atomic E-state index is 0.0424. The van der Waals surface area contributed by atoms with Crippen LogP contribution in [-0.4, -0.2) is 69.0 Å². The number of phosphoric ester groups is 1. The fraction of sp³-hybridized carbons (Fsp3) is 0.800. The van der Waals surface area contributed by atoms with E-state index in [4.69, 9.17) is 23.5 Å². The molecule has 0 radical (unpaired) electrons. The molecule has 0 bridgehead atoms. The van der Waals surface area contributed by atoms with Gasteiger partial charge in [-0.2, -0.15) is 0 Å². The predicted octanol–water partition coefficient (Wildman–Crippen LogP) is 5.00. The number of fused-ring (bicyclic) bond motifs is 2. The highest BCUT2D eigenvalue weighted by atomic mass is 31.2. The van der Waals surface area contributed by atoms with Crippen molar-refractivity contribution in [3.05, 3.63) is 12.7 Å². The zero-order valence-electron chi connectivity index (χ0n) is 22.3. The number of aromatic nitrogens is 4. The second-order valence-electron chi connectivity index (χ2n) is 9.86. The summed E-state index contributed by atoms with van der Waals surface area (Å²) in [5, 5.41) is 0. The lowest BCUT2D eigenvalue weighted by molar-refractivity contribution is -0.0685. The molecule has 4 rings (SSSR count). The van der Waals surface area contributed by atoms with Crippen LogP contribution in [0.15, 0.2) is 12.7 Å². The van der Waals surface area contributed by atoms with Gasteiger partial charge in [0.25, 0.3) is 0 Å². The molecular weight excluding hydrogens is 497 g/mol. The van der Waals surface area contributed by atoms with Gasteiger partial charge in [-0.05, 0) is 19.3 Å². The Morgan fingerprint density at radius 3 is 2.46 bits per heavy atom. The second-order valence-corrected chi connectivity index (χ2v) is 11.3. The van der Waals surface area contributed by atoms with Crippen LogP contribution in [0.2, 0.25) is 0 Å². The van der Waals surface area contributed by atoms with Crippen molar-refractivity contribution in [2.75, 3.05) is 31.2 Å².